The van der Waals surface area contributed by atoms with Gasteiger partial charge in [-0.3, -0.25) is 0 Å². The van der Waals surface area contributed by atoms with Gasteiger partial charge in [0.05, 0.1) is 0 Å². The minimum Gasteiger partial charge on any atom is -0.465 e. The molecule has 0 aromatic carbocycles. The molecule has 1 aliphatic rings. The van der Waals surface area contributed by atoms with Gasteiger partial charge in [-0.25, -0.2) is 0 Å². The maximum atomic E-state index is 5.04. The van der Waals surface area contributed by atoms with Crippen molar-refractivity contribution in [2.24, 2.45) is 0 Å². The lowest BCUT2D eigenvalue weighted by atomic mass is 10.4. The van der Waals surface area contributed by atoms with Crippen LogP contribution in [0.3, 0.4) is 0 Å². The quantitative estimate of drug-likeness (QED) is 0.469. The molecule has 0 amide bonds. The molecular weight excluding hydrogens is 128 g/mol. The van der Waals surface area contributed by atoms with Gasteiger partial charge in [0.15, 0.2) is 0 Å². The highest BCUT2D eigenvalue weighted by Gasteiger charge is 1.95. The van der Waals surface area contributed by atoms with Gasteiger partial charge < -0.3 is 9.47 Å². The van der Waals surface area contributed by atoms with Crippen molar-refractivity contribution in [3.8, 4) is 11.8 Å². The van der Waals surface area contributed by atoms with E-state index in [4.69, 9.17) is 9.47 Å². The molecule has 54 valence electrons. The zero-order chi connectivity index (χ0) is 7.23. The molecule has 0 fully saturated rings. The third-order valence-electron chi connectivity index (χ3n) is 1.11. The molecule has 0 N–H and O–H groups in total. The minimum atomic E-state index is 0.408. The lowest BCUT2D eigenvalue weighted by Crippen LogP contribution is -1.97. The second kappa shape index (κ2) is 3.84. The van der Waals surface area contributed by atoms with Crippen LogP contribution in [-0.2, 0) is 9.47 Å². The van der Waals surface area contributed by atoms with E-state index >= 15 is 0 Å². The second-order valence-electron chi connectivity index (χ2n) is 1.92. The van der Waals surface area contributed by atoms with Crippen molar-refractivity contribution in [1.82, 2.24) is 0 Å². The molecule has 1 rings (SSSR count). The van der Waals surface area contributed by atoms with Crippen LogP contribution < -0.4 is 0 Å². The molecule has 1 heterocycles. The molecule has 0 bridgehead atoms. The Kier molecular flexibility index (Phi) is 2.69. The highest BCUT2D eigenvalue weighted by molar-refractivity contribution is 4.99. The summed E-state index contributed by atoms with van der Waals surface area (Å²) in [5.74, 6) is 6.31. The third-order valence-corrected chi connectivity index (χ3v) is 1.11. The number of rotatable bonds is 0. The van der Waals surface area contributed by atoms with Gasteiger partial charge in [0.2, 0.25) is 0 Å². The summed E-state index contributed by atoms with van der Waals surface area (Å²) in [5.41, 5.74) is 0. The number of hydrogen-bond donors (Lipinski definition) is 0. The van der Waals surface area contributed by atoms with E-state index in [2.05, 4.69) is 18.4 Å². The Labute approximate surface area is 60.8 Å². The number of hydrogen-bond acceptors (Lipinski definition) is 2. The van der Waals surface area contributed by atoms with Gasteiger partial charge in [-0.2, -0.15) is 0 Å². The largest absolute Gasteiger partial charge is 0.465 e. The molecular formula is C8H10O2. The molecule has 0 aromatic heterocycles. The van der Waals surface area contributed by atoms with Crippen LogP contribution in [-0.4, -0.2) is 13.2 Å². The third kappa shape index (κ3) is 2.45. The molecule has 10 heavy (non-hydrogen) atoms. The monoisotopic (exact) mass is 138 g/mol. The van der Waals surface area contributed by atoms with Crippen molar-refractivity contribution in [2.45, 2.75) is 12.8 Å². The summed E-state index contributed by atoms with van der Waals surface area (Å²) in [5, 5.41) is 0. The van der Waals surface area contributed by atoms with Crippen LogP contribution in [0.1, 0.15) is 12.8 Å². The van der Waals surface area contributed by atoms with E-state index in [0.29, 0.717) is 19.2 Å². The Morgan fingerprint density at radius 1 is 1.10 bits per heavy atom. The van der Waals surface area contributed by atoms with Crippen molar-refractivity contribution in [3.05, 3.63) is 12.5 Å². The van der Waals surface area contributed by atoms with Crippen LogP contribution in [0.25, 0.3) is 0 Å². The highest BCUT2D eigenvalue weighted by atomic mass is 16.7. The Hall–Kier alpha value is -1.10. The summed E-state index contributed by atoms with van der Waals surface area (Å²) in [6.45, 7) is 4.74. The zero-order valence-electron chi connectivity index (χ0n) is 5.85. The first-order valence-electron chi connectivity index (χ1n) is 3.30. The van der Waals surface area contributed by atoms with Crippen molar-refractivity contribution in [3.63, 3.8) is 0 Å². The Morgan fingerprint density at radius 3 is 2.10 bits per heavy atom. The predicted molar refractivity (Wildman–Crippen MR) is 38.1 cm³/mol. The van der Waals surface area contributed by atoms with Gasteiger partial charge in [0, 0.05) is 12.8 Å². The molecule has 1 aliphatic heterocycles. The summed E-state index contributed by atoms with van der Waals surface area (Å²) >= 11 is 0. The molecule has 0 aromatic rings. The van der Waals surface area contributed by atoms with E-state index in [1.165, 1.54) is 0 Å². The fraction of sp³-hybridized carbons (Fsp3) is 0.500. The Balaban J connectivity index is 2.34. The number of ether oxygens (including phenoxy) is 2. The van der Waals surface area contributed by atoms with E-state index in [0.717, 1.165) is 12.8 Å². The smallest absolute Gasteiger partial charge is 0.271 e. The van der Waals surface area contributed by atoms with Crippen LogP contribution >= 0.6 is 0 Å². The van der Waals surface area contributed by atoms with Gasteiger partial charge in [0.25, 0.3) is 5.95 Å². The summed E-state index contributed by atoms with van der Waals surface area (Å²) in [7, 11) is 0. The van der Waals surface area contributed by atoms with Crippen LogP contribution in [0.2, 0.25) is 0 Å². The molecule has 0 aliphatic carbocycles. The minimum absolute atomic E-state index is 0.408. The second-order valence-corrected chi connectivity index (χ2v) is 1.92. The molecule has 0 spiro atoms. The predicted octanol–water partition coefficient (Wildman–Crippen LogP) is 1.29. The van der Waals surface area contributed by atoms with Crippen molar-refractivity contribution < 1.29 is 9.47 Å². The summed E-state index contributed by atoms with van der Waals surface area (Å²) in [6, 6.07) is 0. The van der Waals surface area contributed by atoms with E-state index in [1.807, 2.05) is 0 Å². The average Bonchev–Trinajstić information content (AvgIpc) is 2.02. The first-order chi connectivity index (χ1) is 4.89. The Bertz CT molecular complexity index is 157. The van der Waals surface area contributed by atoms with E-state index in [-0.39, 0.29) is 0 Å². The molecule has 2 nitrogen and oxygen atoms in total. The van der Waals surface area contributed by atoms with Gasteiger partial charge >= 0.3 is 0 Å². The maximum Gasteiger partial charge on any atom is 0.271 e. The summed E-state index contributed by atoms with van der Waals surface area (Å²) < 4.78 is 10.1. The summed E-state index contributed by atoms with van der Waals surface area (Å²) in [4.78, 5) is 0. The fourth-order valence-corrected chi connectivity index (χ4v) is 0.650. The van der Waals surface area contributed by atoms with Crippen molar-refractivity contribution >= 4 is 0 Å². The van der Waals surface area contributed by atoms with E-state index in [9.17, 15) is 0 Å². The average molecular weight is 138 g/mol. The normalized spacial score (nSPS) is 18.2. The Morgan fingerprint density at radius 2 is 1.60 bits per heavy atom. The van der Waals surface area contributed by atoms with Crippen molar-refractivity contribution in [1.29, 1.82) is 0 Å². The SMILES string of the molecule is C=C1OCCC#CCCO1. The van der Waals surface area contributed by atoms with Crippen molar-refractivity contribution in [2.75, 3.05) is 13.2 Å². The maximum absolute atomic E-state index is 5.04. The van der Waals surface area contributed by atoms with Gasteiger partial charge in [-0.05, 0) is 6.58 Å². The highest BCUT2D eigenvalue weighted by Crippen LogP contribution is 1.99. The zero-order valence-corrected chi connectivity index (χ0v) is 5.85. The molecule has 0 atom stereocenters. The van der Waals surface area contributed by atoms with Gasteiger partial charge in [-0.1, -0.05) is 11.8 Å². The van der Waals surface area contributed by atoms with Gasteiger partial charge in [0.1, 0.15) is 13.2 Å². The first-order valence-corrected chi connectivity index (χ1v) is 3.30. The molecule has 2 heteroatoms. The lowest BCUT2D eigenvalue weighted by Gasteiger charge is -2.06. The first kappa shape index (κ1) is 7.01. The standard InChI is InChI=1S/C8H10O2/c1-8-9-6-4-2-3-5-7-10-8/h1,4-7H2. The van der Waals surface area contributed by atoms with Crippen LogP contribution in [0.4, 0.5) is 0 Å². The van der Waals surface area contributed by atoms with Gasteiger partial charge in [-0.15, -0.1) is 0 Å². The molecule has 0 saturated carbocycles. The van der Waals surface area contributed by atoms with Crippen LogP contribution in [0.5, 0.6) is 0 Å². The summed E-state index contributed by atoms with van der Waals surface area (Å²) in [6.07, 6.45) is 1.53. The lowest BCUT2D eigenvalue weighted by molar-refractivity contribution is 0.0430. The molecule has 0 saturated heterocycles. The van der Waals surface area contributed by atoms with Crippen LogP contribution in [0, 0.1) is 11.8 Å². The molecule has 0 unspecified atom stereocenters. The van der Waals surface area contributed by atoms with Crippen LogP contribution in [0.15, 0.2) is 12.5 Å². The fourth-order valence-electron chi connectivity index (χ4n) is 0.650. The van der Waals surface area contributed by atoms with E-state index < -0.39 is 0 Å². The van der Waals surface area contributed by atoms with E-state index in [1.54, 1.807) is 0 Å². The topological polar surface area (TPSA) is 18.5 Å². The molecule has 0 radical (unpaired) electrons.